The first kappa shape index (κ1) is 17.8. The molecule has 0 bridgehead atoms. The van der Waals surface area contributed by atoms with E-state index in [9.17, 15) is 4.79 Å². The van der Waals surface area contributed by atoms with Crippen molar-refractivity contribution in [2.45, 2.75) is 39.2 Å². The van der Waals surface area contributed by atoms with Gasteiger partial charge in [-0.1, -0.05) is 17.2 Å². The van der Waals surface area contributed by atoms with Gasteiger partial charge < -0.3 is 23.4 Å². The number of carbonyl (C=O) groups excluding carboxylic acids is 1. The van der Waals surface area contributed by atoms with Crippen LogP contribution in [-0.2, 0) is 6.42 Å². The summed E-state index contributed by atoms with van der Waals surface area (Å²) in [5, 5.41) is 8.14. The maximum absolute atomic E-state index is 13.2. The molecule has 1 aromatic carbocycles. The number of benzene rings is 1. The lowest BCUT2D eigenvalue weighted by Gasteiger charge is -2.24. The van der Waals surface area contributed by atoms with E-state index in [1.165, 1.54) is 0 Å². The van der Waals surface area contributed by atoms with Crippen molar-refractivity contribution in [3.8, 4) is 22.8 Å². The van der Waals surface area contributed by atoms with Gasteiger partial charge in [0.2, 0.25) is 6.79 Å². The van der Waals surface area contributed by atoms with Gasteiger partial charge in [-0.2, -0.15) is 0 Å². The standard InChI is InChI=1S/C21H21N3O5/c1-3-16-20(12(2)22-28-16)15-5-4-8-24(15)21(25)14-10-18(29-23-14)13-6-7-17-19(9-13)27-11-26-17/h6-7,9-10,15H,3-5,8,11H2,1-2H3/t15-/m1/s1. The summed E-state index contributed by atoms with van der Waals surface area (Å²) in [6, 6.07) is 7.13. The number of likely N-dealkylation sites (tertiary alicyclic amines) is 1. The van der Waals surface area contributed by atoms with Gasteiger partial charge in [0, 0.05) is 30.2 Å². The second-order valence-corrected chi connectivity index (χ2v) is 7.26. The topological polar surface area (TPSA) is 90.8 Å². The smallest absolute Gasteiger partial charge is 0.276 e. The zero-order valence-electron chi connectivity index (χ0n) is 16.3. The summed E-state index contributed by atoms with van der Waals surface area (Å²) >= 11 is 0. The number of hydrogen-bond acceptors (Lipinski definition) is 7. The maximum atomic E-state index is 13.2. The molecule has 29 heavy (non-hydrogen) atoms. The number of rotatable bonds is 4. The molecule has 0 spiro atoms. The van der Waals surface area contributed by atoms with Crippen LogP contribution in [0.3, 0.4) is 0 Å². The van der Waals surface area contributed by atoms with Crippen LogP contribution in [0.15, 0.2) is 33.3 Å². The van der Waals surface area contributed by atoms with E-state index in [0.717, 1.165) is 41.8 Å². The number of ether oxygens (including phenoxy) is 2. The van der Waals surface area contributed by atoms with Crippen LogP contribution in [0.25, 0.3) is 11.3 Å². The van der Waals surface area contributed by atoms with Gasteiger partial charge in [-0.05, 0) is 38.0 Å². The van der Waals surface area contributed by atoms with E-state index in [1.807, 2.05) is 36.9 Å². The molecular weight excluding hydrogens is 374 g/mol. The van der Waals surface area contributed by atoms with E-state index in [-0.39, 0.29) is 24.4 Å². The van der Waals surface area contributed by atoms with Crippen molar-refractivity contribution < 1.29 is 23.3 Å². The monoisotopic (exact) mass is 395 g/mol. The van der Waals surface area contributed by atoms with Crippen molar-refractivity contribution >= 4 is 5.91 Å². The molecule has 0 radical (unpaired) electrons. The van der Waals surface area contributed by atoms with E-state index < -0.39 is 0 Å². The predicted molar refractivity (Wildman–Crippen MR) is 102 cm³/mol. The lowest BCUT2D eigenvalue weighted by atomic mass is 10.0. The van der Waals surface area contributed by atoms with E-state index in [4.69, 9.17) is 18.5 Å². The molecule has 1 amide bonds. The molecule has 3 aromatic rings. The molecule has 2 aliphatic heterocycles. The molecule has 0 N–H and O–H groups in total. The number of carbonyl (C=O) groups is 1. The minimum absolute atomic E-state index is 0.0469. The van der Waals surface area contributed by atoms with Crippen LogP contribution in [0.5, 0.6) is 11.5 Å². The Morgan fingerprint density at radius 2 is 2.03 bits per heavy atom. The first-order valence-electron chi connectivity index (χ1n) is 9.78. The first-order valence-corrected chi connectivity index (χ1v) is 9.78. The quantitative estimate of drug-likeness (QED) is 0.661. The minimum atomic E-state index is -0.147. The Bertz CT molecular complexity index is 1070. The van der Waals surface area contributed by atoms with Crippen molar-refractivity contribution in [3.05, 3.63) is 47.0 Å². The summed E-state index contributed by atoms with van der Waals surface area (Å²) in [5.74, 6) is 2.55. The predicted octanol–water partition coefficient (Wildman–Crippen LogP) is 3.91. The van der Waals surface area contributed by atoms with Gasteiger partial charge in [-0.3, -0.25) is 4.79 Å². The van der Waals surface area contributed by atoms with E-state index in [1.54, 1.807) is 6.07 Å². The van der Waals surface area contributed by atoms with Crippen molar-refractivity contribution in [2.24, 2.45) is 0 Å². The van der Waals surface area contributed by atoms with Crippen LogP contribution in [0, 0.1) is 6.92 Å². The molecule has 1 saturated heterocycles. The Morgan fingerprint density at radius 3 is 2.90 bits per heavy atom. The highest BCUT2D eigenvalue weighted by Crippen LogP contribution is 2.38. The lowest BCUT2D eigenvalue weighted by molar-refractivity contribution is 0.0724. The van der Waals surface area contributed by atoms with Crippen LogP contribution in [0.2, 0.25) is 0 Å². The minimum Gasteiger partial charge on any atom is -0.454 e. The van der Waals surface area contributed by atoms with Crippen molar-refractivity contribution in [3.63, 3.8) is 0 Å². The molecule has 1 atom stereocenters. The zero-order valence-corrected chi connectivity index (χ0v) is 16.3. The number of hydrogen-bond donors (Lipinski definition) is 0. The second-order valence-electron chi connectivity index (χ2n) is 7.26. The van der Waals surface area contributed by atoms with Crippen molar-refractivity contribution in [1.82, 2.24) is 15.2 Å². The third kappa shape index (κ3) is 2.95. The van der Waals surface area contributed by atoms with Crippen LogP contribution in [0.4, 0.5) is 0 Å². The average Bonchev–Trinajstić information content (AvgIpc) is 3.52. The maximum Gasteiger partial charge on any atom is 0.276 e. The number of fused-ring (bicyclic) bond motifs is 1. The molecule has 8 nitrogen and oxygen atoms in total. The SMILES string of the molecule is CCc1onc(C)c1[C@H]1CCCN1C(=O)c1cc(-c2ccc3c(c2)OCO3)on1. The Morgan fingerprint density at radius 1 is 1.17 bits per heavy atom. The normalized spacial score (nSPS) is 17.9. The molecule has 4 heterocycles. The number of amides is 1. The summed E-state index contributed by atoms with van der Waals surface area (Å²) in [7, 11) is 0. The number of aromatic nitrogens is 2. The number of aryl methyl sites for hydroxylation is 2. The summed E-state index contributed by atoms with van der Waals surface area (Å²) < 4.78 is 21.7. The highest BCUT2D eigenvalue weighted by atomic mass is 16.7. The Kier molecular flexibility index (Phi) is 4.26. The van der Waals surface area contributed by atoms with Gasteiger partial charge in [0.1, 0.15) is 5.76 Å². The zero-order chi connectivity index (χ0) is 20.0. The molecule has 2 aliphatic rings. The highest BCUT2D eigenvalue weighted by molar-refractivity contribution is 5.93. The summed E-state index contributed by atoms with van der Waals surface area (Å²) in [5.41, 5.74) is 2.93. The van der Waals surface area contributed by atoms with Crippen molar-refractivity contribution in [2.75, 3.05) is 13.3 Å². The summed E-state index contributed by atoms with van der Waals surface area (Å²) in [6.07, 6.45) is 2.55. The molecule has 1 fully saturated rings. The lowest BCUT2D eigenvalue weighted by Crippen LogP contribution is -2.31. The van der Waals surface area contributed by atoms with Gasteiger partial charge in [-0.25, -0.2) is 0 Å². The second kappa shape index (κ2) is 6.95. The Balaban J connectivity index is 1.41. The number of nitrogens with zero attached hydrogens (tertiary/aromatic N) is 3. The molecule has 5 rings (SSSR count). The van der Waals surface area contributed by atoms with E-state index >= 15 is 0 Å². The molecule has 150 valence electrons. The average molecular weight is 395 g/mol. The van der Waals surface area contributed by atoms with Gasteiger partial charge in [0.15, 0.2) is 23.0 Å². The third-order valence-corrected chi connectivity index (χ3v) is 5.54. The molecule has 0 saturated carbocycles. The van der Waals surface area contributed by atoms with Crippen LogP contribution in [-0.4, -0.2) is 34.5 Å². The van der Waals surface area contributed by atoms with E-state index in [0.29, 0.717) is 23.8 Å². The van der Waals surface area contributed by atoms with Crippen LogP contribution in [0.1, 0.15) is 53.3 Å². The Labute approximate surface area is 167 Å². The van der Waals surface area contributed by atoms with Gasteiger partial charge in [0.25, 0.3) is 5.91 Å². The van der Waals surface area contributed by atoms with E-state index in [2.05, 4.69) is 10.3 Å². The molecule has 0 aliphatic carbocycles. The summed E-state index contributed by atoms with van der Waals surface area (Å²) in [4.78, 5) is 15.1. The van der Waals surface area contributed by atoms with Crippen LogP contribution < -0.4 is 9.47 Å². The van der Waals surface area contributed by atoms with Crippen molar-refractivity contribution in [1.29, 1.82) is 0 Å². The van der Waals surface area contributed by atoms with Gasteiger partial charge >= 0.3 is 0 Å². The largest absolute Gasteiger partial charge is 0.454 e. The Hall–Kier alpha value is -3.29. The fourth-order valence-electron chi connectivity index (χ4n) is 4.12. The third-order valence-electron chi connectivity index (χ3n) is 5.54. The fourth-order valence-corrected chi connectivity index (χ4v) is 4.12. The van der Waals surface area contributed by atoms with Crippen LogP contribution >= 0.6 is 0 Å². The van der Waals surface area contributed by atoms with Gasteiger partial charge in [-0.15, -0.1) is 0 Å². The fraction of sp³-hybridized carbons (Fsp3) is 0.381. The highest BCUT2D eigenvalue weighted by Gasteiger charge is 2.36. The summed E-state index contributed by atoms with van der Waals surface area (Å²) in [6.45, 7) is 4.83. The molecule has 2 aromatic heterocycles. The molecular formula is C21H21N3O5. The molecule has 8 heteroatoms. The first-order chi connectivity index (χ1) is 14.2. The van der Waals surface area contributed by atoms with Gasteiger partial charge in [0.05, 0.1) is 11.7 Å². The molecule has 0 unspecified atom stereocenters.